The fourth-order valence-electron chi connectivity index (χ4n) is 1.55. The van der Waals surface area contributed by atoms with E-state index in [0.717, 1.165) is 0 Å². The first kappa shape index (κ1) is 16.6. The summed E-state index contributed by atoms with van der Waals surface area (Å²) in [6.07, 6.45) is 0.0192. The highest BCUT2D eigenvalue weighted by atomic mass is 16.2. The van der Waals surface area contributed by atoms with Crippen LogP contribution in [-0.4, -0.2) is 48.7 Å². The van der Waals surface area contributed by atoms with Crippen LogP contribution in [0.5, 0.6) is 0 Å². The Hall–Kier alpha value is -1.43. The van der Waals surface area contributed by atoms with E-state index in [1.165, 1.54) is 18.9 Å². The normalized spacial score (nSPS) is 12.1. The standard InChI is InChI=1S/C12H23N3O3/c1-8(2)12(18)15(4)10(7-9(3)16)11(17)14-6-5-13/h8,10H,5-7,13H2,1-4H3,(H,14,17). The average molecular weight is 257 g/mol. The fourth-order valence-corrected chi connectivity index (χ4v) is 1.55. The number of Topliss-reactive ketones (excluding diaryl/α,β-unsaturated/α-hetero) is 1. The SMILES string of the molecule is CC(=O)CC(C(=O)NCCN)N(C)C(=O)C(C)C. The van der Waals surface area contributed by atoms with Gasteiger partial charge in [0, 0.05) is 32.5 Å². The number of ketones is 1. The summed E-state index contributed by atoms with van der Waals surface area (Å²) in [5, 5.41) is 2.60. The molecule has 0 aromatic carbocycles. The molecule has 104 valence electrons. The number of rotatable bonds is 7. The fraction of sp³-hybridized carbons (Fsp3) is 0.750. The van der Waals surface area contributed by atoms with E-state index in [2.05, 4.69) is 5.32 Å². The number of amides is 2. The van der Waals surface area contributed by atoms with E-state index >= 15 is 0 Å². The first-order valence-electron chi connectivity index (χ1n) is 6.05. The van der Waals surface area contributed by atoms with Crippen molar-refractivity contribution in [1.29, 1.82) is 0 Å². The maximum absolute atomic E-state index is 11.9. The molecular weight excluding hydrogens is 234 g/mol. The van der Waals surface area contributed by atoms with Crippen molar-refractivity contribution in [2.75, 3.05) is 20.1 Å². The van der Waals surface area contributed by atoms with Crippen molar-refractivity contribution in [3.05, 3.63) is 0 Å². The van der Waals surface area contributed by atoms with Crippen LogP contribution in [-0.2, 0) is 14.4 Å². The zero-order chi connectivity index (χ0) is 14.3. The van der Waals surface area contributed by atoms with Gasteiger partial charge in [-0.25, -0.2) is 0 Å². The molecule has 6 heteroatoms. The molecule has 1 unspecified atom stereocenters. The number of hydrogen-bond donors (Lipinski definition) is 2. The van der Waals surface area contributed by atoms with Crippen molar-refractivity contribution in [3.63, 3.8) is 0 Å². The van der Waals surface area contributed by atoms with Gasteiger partial charge in [-0.1, -0.05) is 13.8 Å². The molecule has 0 aromatic heterocycles. The van der Waals surface area contributed by atoms with E-state index in [0.29, 0.717) is 13.1 Å². The van der Waals surface area contributed by atoms with Crippen LogP contribution in [0.25, 0.3) is 0 Å². The molecule has 0 fully saturated rings. The highest BCUT2D eigenvalue weighted by Crippen LogP contribution is 2.08. The molecule has 0 saturated carbocycles. The molecular formula is C12H23N3O3. The van der Waals surface area contributed by atoms with Crippen LogP contribution >= 0.6 is 0 Å². The van der Waals surface area contributed by atoms with Gasteiger partial charge in [0.1, 0.15) is 11.8 Å². The second-order valence-electron chi connectivity index (χ2n) is 4.61. The van der Waals surface area contributed by atoms with Gasteiger partial charge in [-0.2, -0.15) is 0 Å². The van der Waals surface area contributed by atoms with Gasteiger partial charge < -0.3 is 16.0 Å². The Labute approximate surface area is 108 Å². The van der Waals surface area contributed by atoms with Gasteiger partial charge in [-0.15, -0.1) is 0 Å². The zero-order valence-corrected chi connectivity index (χ0v) is 11.5. The molecule has 0 rings (SSSR count). The number of nitrogens with one attached hydrogen (secondary N) is 1. The molecule has 18 heavy (non-hydrogen) atoms. The summed E-state index contributed by atoms with van der Waals surface area (Å²) in [5.74, 6) is -0.852. The molecule has 0 spiro atoms. The van der Waals surface area contributed by atoms with Crippen LogP contribution < -0.4 is 11.1 Å². The Morgan fingerprint density at radius 3 is 2.22 bits per heavy atom. The number of nitrogens with zero attached hydrogens (tertiary/aromatic N) is 1. The summed E-state index contributed by atoms with van der Waals surface area (Å²) in [7, 11) is 1.54. The summed E-state index contributed by atoms with van der Waals surface area (Å²) in [4.78, 5) is 36.3. The third-order valence-corrected chi connectivity index (χ3v) is 2.54. The summed E-state index contributed by atoms with van der Waals surface area (Å²) in [6.45, 7) is 5.55. The minimum atomic E-state index is -0.760. The maximum atomic E-state index is 11.9. The summed E-state index contributed by atoms with van der Waals surface area (Å²) in [5.41, 5.74) is 5.30. The third-order valence-electron chi connectivity index (χ3n) is 2.54. The van der Waals surface area contributed by atoms with E-state index in [1.807, 2.05) is 0 Å². The quantitative estimate of drug-likeness (QED) is 0.644. The minimum Gasteiger partial charge on any atom is -0.353 e. The van der Waals surface area contributed by atoms with Gasteiger partial charge in [-0.05, 0) is 6.92 Å². The van der Waals surface area contributed by atoms with Crippen LogP contribution in [0.1, 0.15) is 27.2 Å². The van der Waals surface area contributed by atoms with Gasteiger partial charge in [0.2, 0.25) is 11.8 Å². The Morgan fingerprint density at radius 2 is 1.83 bits per heavy atom. The monoisotopic (exact) mass is 257 g/mol. The van der Waals surface area contributed by atoms with E-state index in [9.17, 15) is 14.4 Å². The smallest absolute Gasteiger partial charge is 0.243 e. The molecule has 0 aromatic rings. The number of carbonyl (C=O) groups is 3. The molecule has 0 heterocycles. The van der Waals surface area contributed by atoms with Crippen LogP contribution in [0.2, 0.25) is 0 Å². The maximum Gasteiger partial charge on any atom is 0.243 e. The lowest BCUT2D eigenvalue weighted by molar-refractivity contribution is -0.142. The molecule has 0 saturated heterocycles. The second kappa shape index (κ2) is 7.81. The molecule has 0 bridgehead atoms. The minimum absolute atomic E-state index is 0.0192. The molecule has 0 aliphatic rings. The van der Waals surface area contributed by atoms with Gasteiger partial charge >= 0.3 is 0 Å². The number of likely N-dealkylation sites (N-methyl/N-ethyl adjacent to an activating group) is 1. The molecule has 0 radical (unpaired) electrons. The molecule has 0 aliphatic carbocycles. The Balaban J connectivity index is 4.81. The molecule has 3 N–H and O–H groups in total. The Morgan fingerprint density at radius 1 is 1.28 bits per heavy atom. The van der Waals surface area contributed by atoms with E-state index in [-0.39, 0.29) is 29.9 Å². The molecule has 6 nitrogen and oxygen atoms in total. The molecule has 2 amide bonds. The number of hydrogen-bond acceptors (Lipinski definition) is 4. The lowest BCUT2D eigenvalue weighted by atomic mass is 10.1. The van der Waals surface area contributed by atoms with Crippen LogP contribution in [0.15, 0.2) is 0 Å². The van der Waals surface area contributed by atoms with Crippen LogP contribution in [0.4, 0.5) is 0 Å². The predicted octanol–water partition coefficient (Wildman–Crippen LogP) is -0.477. The molecule has 1 atom stereocenters. The Bertz CT molecular complexity index is 316. The first-order chi connectivity index (χ1) is 8.31. The van der Waals surface area contributed by atoms with Crippen LogP contribution in [0, 0.1) is 5.92 Å². The Kier molecular flexibility index (Phi) is 7.19. The summed E-state index contributed by atoms with van der Waals surface area (Å²) >= 11 is 0. The average Bonchev–Trinajstić information content (AvgIpc) is 2.30. The van der Waals surface area contributed by atoms with Gasteiger partial charge in [0.05, 0.1) is 0 Å². The topological polar surface area (TPSA) is 92.5 Å². The lowest BCUT2D eigenvalue weighted by Crippen LogP contribution is -2.50. The first-order valence-corrected chi connectivity index (χ1v) is 6.05. The van der Waals surface area contributed by atoms with E-state index < -0.39 is 6.04 Å². The summed E-state index contributed by atoms with van der Waals surface area (Å²) in [6, 6.07) is -0.760. The van der Waals surface area contributed by atoms with Crippen molar-refractivity contribution < 1.29 is 14.4 Å². The zero-order valence-electron chi connectivity index (χ0n) is 11.5. The van der Waals surface area contributed by atoms with Gasteiger partial charge in [0.25, 0.3) is 0 Å². The van der Waals surface area contributed by atoms with Crippen LogP contribution in [0.3, 0.4) is 0 Å². The van der Waals surface area contributed by atoms with Crippen molar-refractivity contribution >= 4 is 17.6 Å². The second-order valence-corrected chi connectivity index (χ2v) is 4.61. The lowest BCUT2D eigenvalue weighted by Gasteiger charge is -2.28. The highest BCUT2D eigenvalue weighted by molar-refractivity contribution is 5.92. The van der Waals surface area contributed by atoms with Crippen molar-refractivity contribution in [2.45, 2.75) is 33.2 Å². The predicted molar refractivity (Wildman–Crippen MR) is 68.8 cm³/mol. The van der Waals surface area contributed by atoms with Crippen molar-refractivity contribution in [2.24, 2.45) is 11.7 Å². The third kappa shape index (κ3) is 5.27. The van der Waals surface area contributed by atoms with Gasteiger partial charge in [0.15, 0.2) is 0 Å². The summed E-state index contributed by atoms with van der Waals surface area (Å²) < 4.78 is 0. The van der Waals surface area contributed by atoms with Crippen molar-refractivity contribution in [1.82, 2.24) is 10.2 Å². The van der Waals surface area contributed by atoms with Gasteiger partial charge in [-0.3, -0.25) is 14.4 Å². The number of carbonyl (C=O) groups excluding carboxylic acids is 3. The largest absolute Gasteiger partial charge is 0.353 e. The van der Waals surface area contributed by atoms with Crippen molar-refractivity contribution in [3.8, 4) is 0 Å². The highest BCUT2D eigenvalue weighted by Gasteiger charge is 2.28. The van der Waals surface area contributed by atoms with E-state index in [4.69, 9.17) is 5.73 Å². The number of nitrogens with two attached hydrogens (primary N) is 1. The van der Waals surface area contributed by atoms with E-state index in [1.54, 1.807) is 13.8 Å². The molecule has 0 aliphatic heterocycles.